The maximum absolute atomic E-state index is 11.0. The summed E-state index contributed by atoms with van der Waals surface area (Å²) in [4.78, 5) is 10.5. The summed E-state index contributed by atoms with van der Waals surface area (Å²) >= 11 is 0. The summed E-state index contributed by atoms with van der Waals surface area (Å²) < 4.78 is 0. The molecule has 0 saturated heterocycles. The summed E-state index contributed by atoms with van der Waals surface area (Å²) in [6.45, 7) is 1.62. The monoisotopic (exact) mass is 300 g/mol. The van der Waals surface area contributed by atoms with Gasteiger partial charge in [0, 0.05) is 17.2 Å². The fourth-order valence-electron chi connectivity index (χ4n) is 2.94. The highest BCUT2D eigenvalue weighted by Gasteiger charge is 2.28. The first kappa shape index (κ1) is 16.7. The fourth-order valence-corrected chi connectivity index (χ4v) is 2.94. The van der Waals surface area contributed by atoms with Gasteiger partial charge in [0.2, 0.25) is 0 Å². The Morgan fingerprint density at radius 3 is 2.50 bits per heavy atom. The van der Waals surface area contributed by atoms with Gasteiger partial charge in [-0.3, -0.25) is 10.1 Å². The number of halogens is 1. The standard InChI is InChI=1S/C14H20N2O3.ClH/c1-9-7-8-11(14(17)13(9)16(18)19)12(15)10-5-3-2-4-6-10;/h7-8,10,12,17H,2-6,15H2,1H3;1H/t12-;/m0./s1. The van der Waals surface area contributed by atoms with Gasteiger partial charge in [0.05, 0.1) is 4.92 Å². The molecular weight excluding hydrogens is 280 g/mol. The number of phenols is 1. The van der Waals surface area contributed by atoms with E-state index >= 15 is 0 Å². The highest BCUT2D eigenvalue weighted by atomic mass is 35.5. The third-order valence-corrected chi connectivity index (χ3v) is 4.08. The fraction of sp³-hybridized carbons (Fsp3) is 0.571. The van der Waals surface area contributed by atoms with E-state index in [-0.39, 0.29) is 29.9 Å². The molecule has 2 rings (SSSR count). The maximum Gasteiger partial charge on any atom is 0.313 e. The van der Waals surface area contributed by atoms with E-state index in [2.05, 4.69) is 0 Å². The zero-order valence-corrected chi connectivity index (χ0v) is 12.4. The topological polar surface area (TPSA) is 89.4 Å². The smallest absolute Gasteiger partial charge is 0.313 e. The van der Waals surface area contributed by atoms with Crippen LogP contribution < -0.4 is 5.73 Å². The molecule has 5 nitrogen and oxygen atoms in total. The molecule has 1 aromatic rings. The van der Waals surface area contributed by atoms with Crippen molar-refractivity contribution in [3.8, 4) is 5.75 Å². The van der Waals surface area contributed by atoms with Crippen LogP contribution in [0.4, 0.5) is 5.69 Å². The van der Waals surface area contributed by atoms with Crippen molar-refractivity contribution >= 4 is 18.1 Å². The van der Waals surface area contributed by atoms with Gasteiger partial charge >= 0.3 is 5.69 Å². The van der Waals surface area contributed by atoms with Gasteiger partial charge in [-0.05, 0) is 25.7 Å². The second kappa shape index (κ2) is 6.90. The van der Waals surface area contributed by atoms with Crippen molar-refractivity contribution in [3.63, 3.8) is 0 Å². The largest absolute Gasteiger partial charge is 0.502 e. The van der Waals surface area contributed by atoms with Crippen LogP contribution in [0, 0.1) is 23.0 Å². The molecule has 0 amide bonds. The zero-order chi connectivity index (χ0) is 14.0. The normalized spacial score (nSPS) is 17.3. The minimum atomic E-state index is -0.540. The lowest BCUT2D eigenvalue weighted by atomic mass is 9.81. The van der Waals surface area contributed by atoms with Crippen molar-refractivity contribution in [3.05, 3.63) is 33.4 Å². The first-order valence-electron chi connectivity index (χ1n) is 6.74. The van der Waals surface area contributed by atoms with E-state index in [9.17, 15) is 15.2 Å². The van der Waals surface area contributed by atoms with Gasteiger partial charge in [0.15, 0.2) is 5.75 Å². The van der Waals surface area contributed by atoms with Crippen LogP contribution in [0.5, 0.6) is 5.75 Å². The van der Waals surface area contributed by atoms with E-state index in [0.29, 0.717) is 17.0 Å². The Bertz CT molecular complexity index is 488. The van der Waals surface area contributed by atoms with Crippen molar-refractivity contribution in [1.29, 1.82) is 0 Å². The summed E-state index contributed by atoms with van der Waals surface area (Å²) in [7, 11) is 0. The predicted octanol–water partition coefficient (Wildman–Crippen LogP) is 3.61. The summed E-state index contributed by atoms with van der Waals surface area (Å²) in [5.41, 5.74) is 6.95. The van der Waals surface area contributed by atoms with E-state index in [1.807, 2.05) is 0 Å². The number of phenolic OH excluding ortho intramolecular Hbond substituents is 1. The van der Waals surface area contributed by atoms with Crippen LogP contribution >= 0.6 is 12.4 Å². The lowest BCUT2D eigenvalue weighted by Gasteiger charge is -2.28. The Kier molecular flexibility index (Phi) is 5.77. The van der Waals surface area contributed by atoms with Gasteiger partial charge in [-0.15, -0.1) is 12.4 Å². The van der Waals surface area contributed by atoms with Crippen LogP contribution in [0.1, 0.15) is 49.3 Å². The molecule has 0 unspecified atom stereocenters. The molecule has 1 fully saturated rings. The Hall–Kier alpha value is -1.33. The van der Waals surface area contributed by atoms with Gasteiger partial charge in [0.25, 0.3) is 0 Å². The predicted molar refractivity (Wildman–Crippen MR) is 80.2 cm³/mol. The molecule has 0 aromatic heterocycles. The molecule has 3 N–H and O–H groups in total. The number of hydrogen-bond acceptors (Lipinski definition) is 4. The van der Waals surface area contributed by atoms with Crippen molar-refractivity contribution in [1.82, 2.24) is 0 Å². The average Bonchev–Trinajstić information content (AvgIpc) is 2.39. The van der Waals surface area contributed by atoms with E-state index < -0.39 is 4.92 Å². The Morgan fingerprint density at radius 1 is 1.35 bits per heavy atom. The van der Waals surface area contributed by atoms with Crippen molar-refractivity contribution in [2.45, 2.75) is 45.1 Å². The summed E-state index contributed by atoms with van der Waals surface area (Å²) in [6.07, 6.45) is 5.58. The van der Waals surface area contributed by atoms with Gasteiger partial charge < -0.3 is 10.8 Å². The second-order valence-electron chi connectivity index (χ2n) is 5.35. The Morgan fingerprint density at radius 2 is 1.95 bits per heavy atom. The number of nitrogens with zero attached hydrogens (tertiary/aromatic N) is 1. The molecule has 1 aliphatic rings. The molecule has 0 spiro atoms. The Labute approximate surface area is 124 Å². The molecule has 1 aromatic carbocycles. The molecular formula is C14H21ClN2O3. The molecule has 0 radical (unpaired) electrons. The van der Waals surface area contributed by atoms with Crippen LogP contribution in [0.25, 0.3) is 0 Å². The first-order valence-corrected chi connectivity index (χ1v) is 6.74. The summed E-state index contributed by atoms with van der Waals surface area (Å²) in [6, 6.07) is 3.06. The Balaban J connectivity index is 0.00000200. The van der Waals surface area contributed by atoms with Crippen molar-refractivity contribution < 1.29 is 10.0 Å². The number of nitro groups is 1. The number of hydrogen-bond donors (Lipinski definition) is 2. The maximum atomic E-state index is 11.0. The lowest BCUT2D eigenvalue weighted by molar-refractivity contribution is -0.386. The molecule has 0 bridgehead atoms. The third-order valence-electron chi connectivity index (χ3n) is 4.08. The minimum absolute atomic E-state index is 0. The van der Waals surface area contributed by atoms with Crippen LogP contribution in [0.2, 0.25) is 0 Å². The van der Waals surface area contributed by atoms with Crippen LogP contribution in [0.15, 0.2) is 12.1 Å². The minimum Gasteiger partial charge on any atom is -0.502 e. The highest BCUT2D eigenvalue weighted by molar-refractivity contribution is 5.85. The molecule has 1 saturated carbocycles. The lowest BCUT2D eigenvalue weighted by Crippen LogP contribution is -2.23. The van der Waals surface area contributed by atoms with Crippen LogP contribution in [-0.2, 0) is 0 Å². The summed E-state index contributed by atoms with van der Waals surface area (Å²) in [5, 5.41) is 21.1. The number of nitrogens with two attached hydrogens (primary N) is 1. The SMILES string of the molecule is Cc1ccc([C@@H](N)C2CCCCC2)c(O)c1[N+](=O)[O-].Cl. The zero-order valence-electron chi connectivity index (χ0n) is 11.5. The van der Waals surface area contributed by atoms with Gasteiger partial charge in [0.1, 0.15) is 0 Å². The molecule has 112 valence electrons. The van der Waals surface area contributed by atoms with E-state index in [1.54, 1.807) is 19.1 Å². The molecule has 6 heteroatoms. The molecule has 0 heterocycles. The van der Waals surface area contributed by atoms with Crippen LogP contribution in [-0.4, -0.2) is 10.0 Å². The quantitative estimate of drug-likeness (QED) is 0.659. The van der Waals surface area contributed by atoms with Gasteiger partial charge in [-0.25, -0.2) is 0 Å². The molecule has 1 aliphatic carbocycles. The average molecular weight is 301 g/mol. The van der Waals surface area contributed by atoms with Gasteiger partial charge in [-0.1, -0.05) is 31.4 Å². The van der Waals surface area contributed by atoms with E-state index in [0.717, 1.165) is 25.7 Å². The second-order valence-corrected chi connectivity index (χ2v) is 5.35. The van der Waals surface area contributed by atoms with Crippen LogP contribution in [0.3, 0.4) is 0 Å². The van der Waals surface area contributed by atoms with E-state index in [1.165, 1.54) is 6.42 Å². The van der Waals surface area contributed by atoms with E-state index in [4.69, 9.17) is 5.73 Å². The number of aromatic hydroxyl groups is 1. The first-order chi connectivity index (χ1) is 9.02. The molecule has 20 heavy (non-hydrogen) atoms. The number of rotatable bonds is 3. The molecule has 0 aliphatic heterocycles. The highest BCUT2D eigenvalue weighted by Crippen LogP contribution is 2.40. The van der Waals surface area contributed by atoms with Gasteiger partial charge in [-0.2, -0.15) is 0 Å². The van der Waals surface area contributed by atoms with Crippen molar-refractivity contribution in [2.24, 2.45) is 11.7 Å². The number of nitro benzene ring substituents is 1. The molecule has 1 atom stereocenters. The number of benzene rings is 1. The third kappa shape index (κ3) is 3.22. The number of aryl methyl sites for hydroxylation is 1. The summed E-state index contributed by atoms with van der Waals surface area (Å²) in [5.74, 6) is 0.0463. The van der Waals surface area contributed by atoms with Crippen molar-refractivity contribution in [2.75, 3.05) is 0 Å².